The van der Waals surface area contributed by atoms with E-state index >= 15 is 0 Å². The first-order valence-corrected chi connectivity index (χ1v) is 6.52. The topological polar surface area (TPSA) is 32.6 Å². The fourth-order valence-corrected chi connectivity index (χ4v) is 3.21. The lowest BCUT2D eigenvalue weighted by Gasteiger charge is -2.19. The molecule has 1 N–H and O–H groups in total. The molecule has 1 atom stereocenters. The van der Waals surface area contributed by atoms with Crippen LogP contribution >= 0.6 is 23.2 Å². The van der Waals surface area contributed by atoms with Gasteiger partial charge in [-0.25, -0.2) is 0 Å². The summed E-state index contributed by atoms with van der Waals surface area (Å²) < 4.78 is 0.350. The zero-order chi connectivity index (χ0) is 12.4. The fourth-order valence-electron chi connectivity index (χ4n) is 2.82. The molecule has 2 aliphatic carbocycles. The summed E-state index contributed by atoms with van der Waals surface area (Å²) in [5, 5.41) is 12.4. The van der Waals surface area contributed by atoms with Crippen molar-refractivity contribution in [2.45, 2.75) is 32.1 Å². The number of allylic oxidation sites excluding steroid dienone is 4. The van der Waals surface area contributed by atoms with Crippen molar-refractivity contribution in [3.05, 3.63) is 33.9 Å². The molecule has 0 heterocycles. The van der Waals surface area contributed by atoms with Gasteiger partial charge in [0.25, 0.3) is 0 Å². The average molecular weight is 272 g/mol. The molecule has 0 bridgehead atoms. The van der Waals surface area contributed by atoms with Crippen LogP contribution < -0.4 is 0 Å². The van der Waals surface area contributed by atoms with Crippen molar-refractivity contribution < 1.29 is 5.21 Å². The predicted molar refractivity (Wildman–Crippen MR) is 71.8 cm³/mol. The second kappa shape index (κ2) is 5.28. The first-order chi connectivity index (χ1) is 8.19. The number of nitrogens with zero attached hydrogens (tertiary/aromatic N) is 1. The van der Waals surface area contributed by atoms with Crippen LogP contribution in [0.15, 0.2) is 39.0 Å². The molecule has 0 fully saturated rings. The first kappa shape index (κ1) is 12.7. The van der Waals surface area contributed by atoms with Gasteiger partial charge in [-0.1, -0.05) is 40.0 Å². The molecule has 0 aromatic rings. The van der Waals surface area contributed by atoms with E-state index in [0.717, 1.165) is 49.0 Å². The lowest BCUT2D eigenvalue weighted by atomic mass is 9.86. The summed E-state index contributed by atoms with van der Waals surface area (Å²) in [6, 6.07) is 0. The SMILES string of the molecule is C=CCC1C(=C(Cl)Cl)CC2=C1CCC/C2=N\O. The highest BCUT2D eigenvalue weighted by molar-refractivity contribution is 6.56. The van der Waals surface area contributed by atoms with E-state index in [4.69, 9.17) is 28.4 Å². The van der Waals surface area contributed by atoms with Gasteiger partial charge in [-0.15, -0.1) is 6.58 Å². The Kier molecular flexibility index (Phi) is 3.95. The van der Waals surface area contributed by atoms with Gasteiger partial charge in [0.15, 0.2) is 0 Å². The van der Waals surface area contributed by atoms with Crippen molar-refractivity contribution in [2.24, 2.45) is 11.1 Å². The third-order valence-corrected chi connectivity index (χ3v) is 4.06. The van der Waals surface area contributed by atoms with Crippen LogP contribution in [-0.2, 0) is 0 Å². The van der Waals surface area contributed by atoms with Gasteiger partial charge in [0.1, 0.15) is 4.49 Å². The second-order valence-electron chi connectivity index (χ2n) is 4.44. The highest BCUT2D eigenvalue weighted by Gasteiger charge is 2.34. The summed E-state index contributed by atoms with van der Waals surface area (Å²) >= 11 is 11.9. The van der Waals surface area contributed by atoms with Crippen LogP contribution in [0.5, 0.6) is 0 Å². The lowest BCUT2D eigenvalue weighted by Crippen LogP contribution is -2.11. The zero-order valence-corrected chi connectivity index (χ0v) is 11.1. The Morgan fingerprint density at radius 1 is 1.47 bits per heavy atom. The molecule has 1 unspecified atom stereocenters. The van der Waals surface area contributed by atoms with Gasteiger partial charge in [-0.2, -0.15) is 0 Å². The summed E-state index contributed by atoms with van der Waals surface area (Å²) in [5.41, 5.74) is 4.31. The van der Waals surface area contributed by atoms with Gasteiger partial charge in [0.2, 0.25) is 0 Å². The molecule has 0 saturated carbocycles. The minimum Gasteiger partial charge on any atom is -0.411 e. The van der Waals surface area contributed by atoms with Crippen molar-refractivity contribution in [1.29, 1.82) is 0 Å². The summed E-state index contributed by atoms with van der Waals surface area (Å²) in [6.07, 6.45) is 6.35. The van der Waals surface area contributed by atoms with Gasteiger partial charge in [-0.05, 0) is 43.3 Å². The van der Waals surface area contributed by atoms with Gasteiger partial charge in [0, 0.05) is 5.92 Å². The standard InChI is InChI=1S/C13H15Cl2NO/c1-2-4-8-9-5-3-6-12(16-17)10(9)7-11(8)13(14)15/h2,8,17H,1,3-7H2/b16-12+. The summed E-state index contributed by atoms with van der Waals surface area (Å²) in [6.45, 7) is 3.78. The smallest absolute Gasteiger partial charge is 0.106 e. The van der Waals surface area contributed by atoms with E-state index in [1.807, 2.05) is 6.08 Å². The summed E-state index contributed by atoms with van der Waals surface area (Å²) in [7, 11) is 0. The lowest BCUT2D eigenvalue weighted by molar-refractivity contribution is 0.317. The van der Waals surface area contributed by atoms with E-state index in [9.17, 15) is 0 Å². The zero-order valence-electron chi connectivity index (χ0n) is 9.55. The highest BCUT2D eigenvalue weighted by Crippen LogP contribution is 2.47. The maximum atomic E-state index is 9.03. The number of hydrogen-bond acceptors (Lipinski definition) is 2. The fraction of sp³-hybridized carbons (Fsp3) is 0.462. The van der Waals surface area contributed by atoms with Crippen LogP contribution in [-0.4, -0.2) is 10.9 Å². The molecule has 2 rings (SSSR count). The molecule has 0 amide bonds. The van der Waals surface area contributed by atoms with Gasteiger partial charge >= 0.3 is 0 Å². The molecule has 0 aromatic carbocycles. The molecule has 0 aromatic heterocycles. The van der Waals surface area contributed by atoms with Crippen molar-refractivity contribution in [1.82, 2.24) is 0 Å². The third-order valence-electron chi connectivity index (χ3n) is 3.57. The molecule has 0 saturated heterocycles. The van der Waals surface area contributed by atoms with E-state index in [2.05, 4.69) is 11.7 Å². The molecular formula is C13H15Cl2NO. The van der Waals surface area contributed by atoms with E-state index in [1.54, 1.807) is 0 Å². The van der Waals surface area contributed by atoms with Gasteiger partial charge in [-0.3, -0.25) is 0 Å². The Hall–Kier alpha value is -0.730. The van der Waals surface area contributed by atoms with E-state index in [-0.39, 0.29) is 5.92 Å². The predicted octanol–water partition coefficient (Wildman–Crippen LogP) is 4.58. The number of halogens is 2. The number of rotatable bonds is 2. The molecule has 0 radical (unpaired) electrons. The summed E-state index contributed by atoms with van der Waals surface area (Å²) in [5.74, 6) is 0.254. The van der Waals surface area contributed by atoms with E-state index in [0.29, 0.717) is 4.49 Å². The van der Waals surface area contributed by atoms with Crippen molar-refractivity contribution >= 4 is 28.9 Å². The first-order valence-electron chi connectivity index (χ1n) is 5.77. The normalized spacial score (nSPS) is 26.4. The number of hydrogen-bond donors (Lipinski definition) is 1. The minimum absolute atomic E-state index is 0.254. The van der Waals surface area contributed by atoms with Crippen molar-refractivity contribution in [3.8, 4) is 0 Å². The maximum Gasteiger partial charge on any atom is 0.106 e. The van der Waals surface area contributed by atoms with Crippen LogP contribution in [0.2, 0.25) is 0 Å². The molecule has 2 aliphatic rings. The quantitative estimate of drug-likeness (QED) is 0.445. The van der Waals surface area contributed by atoms with Crippen molar-refractivity contribution in [2.75, 3.05) is 0 Å². The molecule has 17 heavy (non-hydrogen) atoms. The average Bonchev–Trinajstić information content (AvgIpc) is 2.69. The van der Waals surface area contributed by atoms with Gasteiger partial charge in [0.05, 0.1) is 5.71 Å². The second-order valence-corrected chi connectivity index (χ2v) is 5.39. The summed E-state index contributed by atoms with van der Waals surface area (Å²) in [4.78, 5) is 0. The monoisotopic (exact) mass is 271 g/mol. The van der Waals surface area contributed by atoms with E-state index in [1.165, 1.54) is 5.57 Å². The Labute approximate surface area is 111 Å². The maximum absolute atomic E-state index is 9.03. The van der Waals surface area contributed by atoms with Gasteiger partial charge < -0.3 is 5.21 Å². The molecular weight excluding hydrogens is 257 g/mol. The Balaban J connectivity index is 2.42. The van der Waals surface area contributed by atoms with E-state index < -0.39 is 0 Å². The number of oxime groups is 1. The molecule has 0 spiro atoms. The molecule has 4 heteroatoms. The molecule has 2 nitrogen and oxygen atoms in total. The Morgan fingerprint density at radius 3 is 2.82 bits per heavy atom. The van der Waals surface area contributed by atoms with Crippen LogP contribution in [0.25, 0.3) is 0 Å². The van der Waals surface area contributed by atoms with Crippen LogP contribution in [0, 0.1) is 5.92 Å². The van der Waals surface area contributed by atoms with Crippen molar-refractivity contribution in [3.63, 3.8) is 0 Å². The third kappa shape index (κ3) is 2.29. The van der Waals surface area contributed by atoms with Crippen LogP contribution in [0.3, 0.4) is 0 Å². The molecule has 92 valence electrons. The van der Waals surface area contributed by atoms with Crippen LogP contribution in [0.1, 0.15) is 32.1 Å². The van der Waals surface area contributed by atoms with Crippen LogP contribution in [0.4, 0.5) is 0 Å². The largest absolute Gasteiger partial charge is 0.411 e. The Morgan fingerprint density at radius 2 is 2.24 bits per heavy atom. The minimum atomic E-state index is 0.254. The Bertz CT molecular complexity index is 431. The highest BCUT2D eigenvalue weighted by atomic mass is 35.5. The molecule has 0 aliphatic heterocycles.